The molecular formula is C24H24N2O4S. The Morgan fingerprint density at radius 1 is 0.968 bits per heavy atom. The van der Waals surface area contributed by atoms with Gasteiger partial charge >= 0.3 is 0 Å². The Kier molecular flexibility index (Phi) is 5.78. The van der Waals surface area contributed by atoms with Crippen LogP contribution in [0.2, 0.25) is 0 Å². The third-order valence-electron chi connectivity index (χ3n) is 5.65. The number of hydrogen-bond donors (Lipinski definition) is 1. The van der Waals surface area contributed by atoms with Crippen LogP contribution < -0.4 is 5.32 Å². The van der Waals surface area contributed by atoms with Crippen molar-refractivity contribution in [2.75, 3.05) is 24.7 Å². The van der Waals surface area contributed by atoms with Crippen molar-refractivity contribution in [3.63, 3.8) is 0 Å². The van der Waals surface area contributed by atoms with Crippen molar-refractivity contribution in [1.29, 1.82) is 0 Å². The molecule has 0 radical (unpaired) electrons. The van der Waals surface area contributed by atoms with Crippen LogP contribution in [0.1, 0.15) is 23.2 Å². The number of sulfone groups is 1. The lowest BCUT2D eigenvalue weighted by molar-refractivity contribution is -0.121. The molecule has 1 aliphatic heterocycles. The number of fused-ring (bicyclic) bond motifs is 1. The molecule has 1 atom stereocenters. The smallest absolute Gasteiger partial charge is 0.254 e. The predicted octanol–water partition coefficient (Wildman–Crippen LogP) is 3.73. The summed E-state index contributed by atoms with van der Waals surface area (Å²) in [5.41, 5.74) is 1.19. The Morgan fingerprint density at radius 2 is 1.68 bits per heavy atom. The number of carbonyl (C=O) groups is 2. The molecule has 1 aliphatic rings. The SMILES string of the molecule is CS(=O)(=O)c1ccc(NC(=O)[C@H]2CCCN(C(=O)c3cccc4ccccc34)C2)cc1. The van der Waals surface area contributed by atoms with E-state index < -0.39 is 9.84 Å². The van der Waals surface area contributed by atoms with Crippen molar-refractivity contribution >= 4 is 38.1 Å². The molecule has 1 heterocycles. The number of hydrogen-bond acceptors (Lipinski definition) is 4. The number of amides is 2. The van der Waals surface area contributed by atoms with E-state index in [1.165, 1.54) is 12.1 Å². The van der Waals surface area contributed by atoms with E-state index >= 15 is 0 Å². The van der Waals surface area contributed by atoms with Crippen LogP contribution in [0.25, 0.3) is 10.8 Å². The van der Waals surface area contributed by atoms with Crippen molar-refractivity contribution in [3.8, 4) is 0 Å². The highest BCUT2D eigenvalue weighted by Gasteiger charge is 2.29. The molecule has 1 fully saturated rings. The minimum Gasteiger partial charge on any atom is -0.338 e. The van der Waals surface area contributed by atoms with Crippen LogP contribution in [0.15, 0.2) is 71.6 Å². The van der Waals surface area contributed by atoms with Crippen LogP contribution in [0, 0.1) is 5.92 Å². The lowest BCUT2D eigenvalue weighted by Gasteiger charge is -2.32. The van der Waals surface area contributed by atoms with Crippen molar-refractivity contribution in [2.24, 2.45) is 5.92 Å². The molecule has 3 aromatic carbocycles. The normalized spacial score (nSPS) is 16.8. The molecule has 160 valence electrons. The van der Waals surface area contributed by atoms with Crippen molar-refractivity contribution in [1.82, 2.24) is 4.90 Å². The van der Waals surface area contributed by atoms with E-state index in [1.807, 2.05) is 42.5 Å². The topological polar surface area (TPSA) is 83.6 Å². The number of anilines is 1. The van der Waals surface area contributed by atoms with Crippen LogP contribution in [0.3, 0.4) is 0 Å². The molecule has 1 saturated heterocycles. The Bertz CT molecular complexity index is 1230. The second kappa shape index (κ2) is 8.51. The number of nitrogens with zero attached hydrogens (tertiary/aromatic N) is 1. The molecule has 0 bridgehead atoms. The first kappa shape index (κ1) is 21.1. The third kappa shape index (κ3) is 4.61. The van der Waals surface area contributed by atoms with Gasteiger partial charge in [-0.25, -0.2) is 8.42 Å². The average molecular weight is 437 g/mol. The average Bonchev–Trinajstić information content (AvgIpc) is 2.78. The summed E-state index contributed by atoms with van der Waals surface area (Å²) in [6.45, 7) is 0.976. The third-order valence-corrected chi connectivity index (χ3v) is 6.78. The fourth-order valence-electron chi connectivity index (χ4n) is 3.99. The van der Waals surface area contributed by atoms with Crippen LogP contribution in [-0.4, -0.2) is 44.5 Å². The summed E-state index contributed by atoms with van der Waals surface area (Å²) in [4.78, 5) is 28.0. The van der Waals surface area contributed by atoms with Gasteiger partial charge in [0.05, 0.1) is 10.8 Å². The number of rotatable bonds is 4. The monoisotopic (exact) mass is 436 g/mol. The fourth-order valence-corrected chi connectivity index (χ4v) is 4.62. The van der Waals surface area contributed by atoms with E-state index in [9.17, 15) is 18.0 Å². The van der Waals surface area contributed by atoms with E-state index in [2.05, 4.69) is 5.32 Å². The zero-order valence-electron chi connectivity index (χ0n) is 17.2. The highest BCUT2D eigenvalue weighted by molar-refractivity contribution is 7.90. The molecule has 31 heavy (non-hydrogen) atoms. The molecule has 2 amide bonds. The number of nitrogens with one attached hydrogen (secondary N) is 1. The number of piperidine rings is 1. The molecule has 6 nitrogen and oxygen atoms in total. The first-order chi connectivity index (χ1) is 14.8. The maximum Gasteiger partial charge on any atom is 0.254 e. The number of benzene rings is 3. The van der Waals surface area contributed by atoms with Crippen molar-refractivity contribution in [2.45, 2.75) is 17.7 Å². The van der Waals surface area contributed by atoms with E-state index in [0.29, 0.717) is 30.8 Å². The molecule has 4 rings (SSSR count). The molecule has 3 aromatic rings. The summed E-state index contributed by atoms with van der Waals surface area (Å²) in [6.07, 6.45) is 2.60. The van der Waals surface area contributed by atoms with Gasteiger partial charge in [-0.2, -0.15) is 0 Å². The summed E-state index contributed by atoms with van der Waals surface area (Å²) in [5.74, 6) is -0.545. The molecule has 7 heteroatoms. The van der Waals surface area contributed by atoms with Crippen LogP contribution in [-0.2, 0) is 14.6 Å². The van der Waals surface area contributed by atoms with E-state index in [4.69, 9.17) is 0 Å². The van der Waals surface area contributed by atoms with E-state index in [-0.39, 0.29) is 22.6 Å². The largest absolute Gasteiger partial charge is 0.338 e. The summed E-state index contributed by atoms with van der Waals surface area (Å²) in [7, 11) is -3.28. The van der Waals surface area contributed by atoms with Gasteiger partial charge in [-0.05, 0) is 53.9 Å². The first-order valence-electron chi connectivity index (χ1n) is 10.2. The maximum absolute atomic E-state index is 13.2. The van der Waals surface area contributed by atoms with Crippen LogP contribution in [0.4, 0.5) is 5.69 Å². The predicted molar refractivity (Wildman–Crippen MR) is 121 cm³/mol. The van der Waals surface area contributed by atoms with Gasteiger partial charge in [0.2, 0.25) is 5.91 Å². The number of carbonyl (C=O) groups excluding carboxylic acids is 2. The Hall–Kier alpha value is -3.19. The molecule has 0 aliphatic carbocycles. The zero-order chi connectivity index (χ0) is 22.0. The molecule has 0 aromatic heterocycles. The van der Waals surface area contributed by atoms with E-state index in [0.717, 1.165) is 23.4 Å². The van der Waals surface area contributed by atoms with Gasteiger partial charge in [0.15, 0.2) is 9.84 Å². The minimum absolute atomic E-state index is 0.0631. The molecular weight excluding hydrogens is 412 g/mol. The van der Waals surface area contributed by atoms with Crippen LogP contribution in [0.5, 0.6) is 0 Å². The molecule has 0 saturated carbocycles. The minimum atomic E-state index is -3.28. The highest BCUT2D eigenvalue weighted by Crippen LogP contribution is 2.24. The first-order valence-corrected chi connectivity index (χ1v) is 12.1. The van der Waals surface area contributed by atoms with Crippen molar-refractivity contribution in [3.05, 3.63) is 72.3 Å². The summed E-state index contributed by atoms with van der Waals surface area (Å²) < 4.78 is 23.2. The molecule has 0 spiro atoms. The quantitative estimate of drug-likeness (QED) is 0.675. The lowest BCUT2D eigenvalue weighted by atomic mass is 9.95. The summed E-state index contributed by atoms with van der Waals surface area (Å²) >= 11 is 0. The second-order valence-corrected chi connectivity index (χ2v) is 9.92. The van der Waals surface area contributed by atoms with Gasteiger partial charge in [0.1, 0.15) is 0 Å². The lowest BCUT2D eigenvalue weighted by Crippen LogP contribution is -2.43. The van der Waals surface area contributed by atoms with Gasteiger partial charge < -0.3 is 10.2 Å². The second-order valence-electron chi connectivity index (χ2n) is 7.90. The van der Waals surface area contributed by atoms with E-state index in [1.54, 1.807) is 17.0 Å². The standard InChI is InChI=1S/C24H24N2O4S/c1-31(29,30)20-13-11-19(12-14-20)25-23(27)18-8-5-15-26(16-18)24(28)22-10-4-7-17-6-2-3-9-21(17)22/h2-4,6-7,9-14,18H,5,8,15-16H2,1H3,(H,25,27)/t18-/m0/s1. The van der Waals surface area contributed by atoms with Crippen LogP contribution >= 0.6 is 0 Å². The number of likely N-dealkylation sites (tertiary alicyclic amines) is 1. The van der Waals surface area contributed by atoms with Crippen molar-refractivity contribution < 1.29 is 18.0 Å². The Labute approximate surface area is 181 Å². The van der Waals surface area contributed by atoms with Gasteiger partial charge in [-0.3, -0.25) is 9.59 Å². The Balaban J connectivity index is 1.46. The summed E-state index contributed by atoms with van der Waals surface area (Å²) in [6, 6.07) is 19.6. The Morgan fingerprint density at radius 3 is 2.42 bits per heavy atom. The summed E-state index contributed by atoms with van der Waals surface area (Å²) in [5, 5.41) is 4.77. The van der Waals surface area contributed by atoms with Gasteiger partial charge in [-0.1, -0.05) is 36.4 Å². The van der Waals surface area contributed by atoms with Gasteiger partial charge in [0.25, 0.3) is 5.91 Å². The zero-order valence-corrected chi connectivity index (χ0v) is 18.1. The fraction of sp³-hybridized carbons (Fsp3) is 0.250. The maximum atomic E-state index is 13.2. The van der Waals surface area contributed by atoms with Gasteiger partial charge in [0, 0.05) is 30.6 Å². The molecule has 0 unspecified atom stereocenters. The highest BCUT2D eigenvalue weighted by atomic mass is 32.2. The van der Waals surface area contributed by atoms with Gasteiger partial charge in [-0.15, -0.1) is 0 Å². The molecule has 1 N–H and O–H groups in total.